The summed E-state index contributed by atoms with van der Waals surface area (Å²) in [4.78, 5) is 28.3. The molecule has 1 saturated carbocycles. The number of carbonyl (C=O) groups is 2. The van der Waals surface area contributed by atoms with Gasteiger partial charge in [0.15, 0.2) is 0 Å². The number of aromatic nitrogens is 1. The second-order valence-corrected chi connectivity index (χ2v) is 8.21. The summed E-state index contributed by atoms with van der Waals surface area (Å²) in [5, 5.41) is 5.76. The number of Topliss-reactive ketones (excluding diaryl/α,β-unsaturated/α-hetero) is 1. The average molecular weight is 471 g/mol. The van der Waals surface area contributed by atoms with E-state index in [1.165, 1.54) is 30.5 Å². The van der Waals surface area contributed by atoms with Crippen LogP contribution in [-0.4, -0.2) is 16.7 Å². The fraction of sp³-hybridized carbons (Fsp3) is 0.240. The van der Waals surface area contributed by atoms with E-state index in [9.17, 15) is 27.2 Å². The smallest absolute Gasteiger partial charge is 0.355 e. The van der Waals surface area contributed by atoms with Crippen LogP contribution in [0, 0.1) is 11.7 Å². The van der Waals surface area contributed by atoms with Gasteiger partial charge in [0.05, 0.1) is 5.56 Å². The first-order chi connectivity index (χ1) is 16.2. The second-order valence-electron chi connectivity index (χ2n) is 8.21. The van der Waals surface area contributed by atoms with Gasteiger partial charge in [0.1, 0.15) is 17.4 Å². The summed E-state index contributed by atoms with van der Waals surface area (Å²) in [6.07, 6.45) is -1.70. The van der Waals surface area contributed by atoms with Crippen molar-refractivity contribution < 1.29 is 27.2 Å². The molecule has 2 aromatic carbocycles. The zero-order valence-corrected chi connectivity index (χ0v) is 18.0. The fourth-order valence-corrected chi connectivity index (χ4v) is 3.45. The molecular formula is C25H21F4N3O2. The molecule has 0 saturated heterocycles. The van der Waals surface area contributed by atoms with Crippen LogP contribution in [0.1, 0.15) is 29.5 Å². The minimum Gasteiger partial charge on any atom is -0.355 e. The summed E-state index contributed by atoms with van der Waals surface area (Å²) in [7, 11) is 0. The van der Waals surface area contributed by atoms with E-state index in [0.29, 0.717) is 17.2 Å². The van der Waals surface area contributed by atoms with Gasteiger partial charge in [0, 0.05) is 42.4 Å². The van der Waals surface area contributed by atoms with Gasteiger partial charge in [-0.2, -0.15) is 13.2 Å². The maximum absolute atomic E-state index is 14.6. The number of nitrogens with one attached hydrogen (secondary N) is 2. The monoisotopic (exact) mass is 471 g/mol. The fourth-order valence-electron chi connectivity index (χ4n) is 3.45. The Balaban J connectivity index is 1.38. The average Bonchev–Trinajstić information content (AvgIpc) is 3.61. The zero-order chi connectivity index (χ0) is 24.3. The van der Waals surface area contributed by atoms with E-state index in [2.05, 4.69) is 15.6 Å². The third kappa shape index (κ3) is 6.18. The number of nitrogens with zero attached hydrogens (tertiary/aromatic N) is 1. The van der Waals surface area contributed by atoms with Gasteiger partial charge >= 0.3 is 6.18 Å². The molecule has 1 fully saturated rings. The molecule has 1 aromatic heterocycles. The first-order valence-electron chi connectivity index (χ1n) is 10.7. The lowest BCUT2D eigenvalue weighted by atomic mass is 10.0. The summed E-state index contributed by atoms with van der Waals surface area (Å²) in [5.74, 6) is -0.659. The molecule has 0 unspecified atom stereocenters. The van der Waals surface area contributed by atoms with Gasteiger partial charge < -0.3 is 10.6 Å². The van der Waals surface area contributed by atoms with Gasteiger partial charge in [-0.25, -0.2) is 9.37 Å². The molecule has 0 atom stereocenters. The Kier molecular flexibility index (Phi) is 6.63. The molecule has 2 N–H and O–H groups in total. The summed E-state index contributed by atoms with van der Waals surface area (Å²) in [5.41, 5.74) is 0.562. The number of carbonyl (C=O) groups excluding carboxylic acids is 2. The number of benzene rings is 2. The van der Waals surface area contributed by atoms with Gasteiger partial charge in [-0.15, -0.1) is 0 Å². The van der Waals surface area contributed by atoms with E-state index in [0.717, 1.165) is 25.0 Å². The van der Waals surface area contributed by atoms with Crippen molar-refractivity contribution in [2.45, 2.75) is 31.9 Å². The largest absolute Gasteiger partial charge is 0.416 e. The van der Waals surface area contributed by atoms with Crippen molar-refractivity contribution in [3.8, 4) is 0 Å². The van der Waals surface area contributed by atoms with Gasteiger partial charge in [0.2, 0.25) is 5.91 Å². The molecule has 1 amide bonds. The van der Waals surface area contributed by atoms with Gasteiger partial charge in [-0.05, 0) is 48.2 Å². The number of halogens is 4. The Labute approximate surface area is 193 Å². The zero-order valence-electron chi connectivity index (χ0n) is 18.0. The Morgan fingerprint density at radius 2 is 1.74 bits per heavy atom. The lowest BCUT2D eigenvalue weighted by molar-refractivity contribution is -0.137. The molecular weight excluding hydrogens is 450 g/mol. The normalized spacial score (nSPS) is 13.4. The predicted octanol–water partition coefficient (Wildman–Crippen LogP) is 5.69. The molecule has 1 aliphatic carbocycles. The number of ketones is 1. The lowest BCUT2D eigenvalue weighted by Gasteiger charge is -2.11. The van der Waals surface area contributed by atoms with Crippen LogP contribution >= 0.6 is 0 Å². The Hall–Kier alpha value is -3.75. The third-order valence-electron chi connectivity index (χ3n) is 5.34. The summed E-state index contributed by atoms with van der Waals surface area (Å²) in [6, 6.07) is 12.1. The van der Waals surface area contributed by atoms with Crippen LogP contribution in [0.15, 0.2) is 60.8 Å². The predicted molar refractivity (Wildman–Crippen MR) is 119 cm³/mol. The molecule has 0 spiro atoms. The summed E-state index contributed by atoms with van der Waals surface area (Å²) >= 11 is 0. The van der Waals surface area contributed by atoms with Gasteiger partial charge in [0.25, 0.3) is 0 Å². The molecule has 5 nitrogen and oxygen atoms in total. The molecule has 176 valence electrons. The molecule has 1 heterocycles. The van der Waals surface area contributed by atoms with E-state index < -0.39 is 23.3 Å². The molecule has 34 heavy (non-hydrogen) atoms. The molecule has 1 aliphatic rings. The van der Waals surface area contributed by atoms with E-state index in [1.54, 1.807) is 18.2 Å². The van der Waals surface area contributed by atoms with Gasteiger partial charge in [-0.1, -0.05) is 24.3 Å². The number of hydrogen-bond acceptors (Lipinski definition) is 4. The van der Waals surface area contributed by atoms with Crippen molar-refractivity contribution >= 4 is 28.9 Å². The van der Waals surface area contributed by atoms with Crippen molar-refractivity contribution in [3.63, 3.8) is 0 Å². The standard InChI is InChI=1S/C25H21F4N3O2/c26-22-13-19(31-20-8-9-30-23(14-20)32-24(34)16-4-5-16)7-6-17(22)12-21(33)11-15-2-1-3-18(10-15)25(27,28)29/h1-3,6-10,13-14,16H,4-5,11-12H2,(H2,30,31,32,34). The molecule has 0 bridgehead atoms. The van der Waals surface area contributed by atoms with Crippen LogP contribution < -0.4 is 10.6 Å². The maximum atomic E-state index is 14.6. The number of amides is 1. The molecule has 3 aromatic rings. The lowest BCUT2D eigenvalue weighted by Crippen LogP contribution is -2.14. The Morgan fingerprint density at radius 3 is 2.44 bits per heavy atom. The molecule has 9 heteroatoms. The maximum Gasteiger partial charge on any atom is 0.416 e. The first-order valence-corrected chi connectivity index (χ1v) is 10.7. The van der Waals surface area contributed by atoms with Crippen LogP contribution in [0.5, 0.6) is 0 Å². The van der Waals surface area contributed by atoms with E-state index >= 15 is 0 Å². The van der Waals surface area contributed by atoms with Crippen LogP contribution in [0.2, 0.25) is 0 Å². The van der Waals surface area contributed by atoms with Gasteiger partial charge in [-0.3, -0.25) is 9.59 Å². The minimum absolute atomic E-state index is 0.0383. The van der Waals surface area contributed by atoms with Crippen molar-refractivity contribution in [3.05, 3.63) is 83.3 Å². The highest BCUT2D eigenvalue weighted by Crippen LogP contribution is 2.31. The third-order valence-corrected chi connectivity index (χ3v) is 5.34. The SMILES string of the molecule is O=C(Cc1cccc(C(F)(F)F)c1)Cc1ccc(Nc2ccnc(NC(=O)C3CC3)c2)cc1F. The van der Waals surface area contributed by atoms with E-state index in [4.69, 9.17) is 0 Å². The Bertz CT molecular complexity index is 1220. The van der Waals surface area contributed by atoms with Crippen LogP contribution in [0.3, 0.4) is 0 Å². The number of alkyl halides is 3. The number of anilines is 3. The Morgan fingerprint density at radius 1 is 0.971 bits per heavy atom. The van der Waals surface area contributed by atoms with Crippen molar-refractivity contribution in [2.75, 3.05) is 10.6 Å². The highest BCUT2D eigenvalue weighted by molar-refractivity contribution is 5.93. The molecule has 4 rings (SSSR count). The number of rotatable bonds is 8. The topological polar surface area (TPSA) is 71.1 Å². The summed E-state index contributed by atoms with van der Waals surface area (Å²) in [6.45, 7) is 0. The van der Waals surface area contributed by atoms with Crippen LogP contribution in [0.4, 0.5) is 34.8 Å². The van der Waals surface area contributed by atoms with Crippen molar-refractivity contribution in [1.82, 2.24) is 4.98 Å². The van der Waals surface area contributed by atoms with E-state index in [1.807, 2.05) is 0 Å². The number of hydrogen-bond donors (Lipinski definition) is 2. The van der Waals surface area contributed by atoms with Crippen molar-refractivity contribution in [2.24, 2.45) is 5.92 Å². The quantitative estimate of drug-likeness (QED) is 0.415. The molecule has 0 aliphatic heterocycles. The first kappa shape index (κ1) is 23.4. The van der Waals surface area contributed by atoms with Crippen molar-refractivity contribution in [1.29, 1.82) is 0 Å². The van der Waals surface area contributed by atoms with Crippen LogP contribution in [-0.2, 0) is 28.6 Å². The van der Waals surface area contributed by atoms with E-state index in [-0.39, 0.29) is 35.8 Å². The second kappa shape index (κ2) is 9.62. The summed E-state index contributed by atoms with van der Waals surface area (Å²) < 4.78 is 53.2. The number of pyridine rings is 1. The molecule has 0 radical (unpaired) electrons. The van der Waals surface area contributed by atoms with Crippen LogP contribution in [0.25, 0.3) is 0 Å². The highest BCUT2D eigenvalue weighted by Gasteiger charge is 2.31. The highest BCUT2D eigenvalue weighted by atomic mass is 19.4. The minimum atomic E-state index is -4.49.